The van der Waals surface area contributed by atoms with Crippen molar-refractivity contribution >= 4 is 11.6 Å². The zero-order chi connectivity index (χ0) is 10.8. The van der Waals surface area contributed by atoms with Gasteiger partial charge in [-0.25, -0.2) is 0 Å². The lowest BCUT2D eigenvalue weighted by atomic mass is 10.1. The Balaban J connectivity index is 2.53. The molecule has 0 atom stereocenters. The molecule has 1 aromatic heterocycles. The lowest BCUT2D eigenvalue weighted by Crippen LogP contribution is -1.90. The molecule has 0 aliphatic heterocycles. The van der Waals surface area contributed by atoms with Crippen LogP contribution in [0.4, 0.5) is 0 Å². The predicted molar refractivity (Wildman–Crippen MR) is 59.6 cm³/mol. The van der Waals surface area contributed by atoms with Crippen molar-refractivity contribution in [3.8, 4) is 11.1 Å². The quantitative estimate of drug-likeness (QED) is 0.846. The van der Waals surface area contributed by atoms with Crippen molar-refractivity contribution in [3.63, 3.8) is 0 Å². The second kappa shape index (κ2) is 4.04. The molecule has 78 valence electrons. The number of nitrogens with zero attached hydrogens (tertiary/aromatic N) is 2. The number of aryl methyl sites for hydroxylation is 1. The molecule has 0 saturated heterocycles. The molecule has 0 unspecified atom stereocenters. The summed E-state index contributed by atoms with van der Waals surface area (Å²) in [5.74, 6) is 0. The fourth-order valence-electron chi connectivity index (χ4n) is 1.55. The van der Waals surface area contributed by atoms with Crippen LogP contribution in [0, 0.1) is 0 Å². The highest BCUT2D eigenvalue weighted by Gasteiger charge is 2.08. The zero-order valence-electron chi connectivity index (χ0n) is 8.31. The summed E-state index contributed by atoms with van der Waals surface area (Å²) in [5.41, 5.74) is 2.56. The number of aliphatic hydroxyl groups excluding tert-OH is 1. The van der Waals surface area contributed by atoms with E-state index in [0.717, 1.165) is 11.1 Å². The number of hydrogen-bond acceptors (Lipinski definition) is 2. The molecule has 15 heavy (non-hydrogen) atoms. The van der Waals surface area contributed by atoms with Gasteiger partial charge < -0.3 is 5.11 Å². The third kappa shape index (κ3) is 2.03. The van der Waals surface area contributed by atoms with E-state index in [2.05, 4.69) is 5.10 Å². The Labute approximate surface area is 92.9 Å². The number of aliphatic hydroxyl groups is 1. The van der Waals surface area contributed by atoms with Crippen LogP contribution in [0.3, 0.4) is 0 Å². The third-order valence-electron chi connectivity index (χ3n) is 2.19. The highest BCUT2D eigenvalue weighted by molar-refractivity contribution is 6.30. The summed E-state index contributed by atoms with van der Waals surface area (Å²) < 4.78 is 1.68. The first-order valence-electron chi connectivity index (χ1n) is 4.60. The maximum atomic E-state index is 9.15. The maximum Gasteiger partial charge on any atom is 0.0957 e. The van der Waals surface area contributed by atoms with Crippen molar-refractivity contribution in [2.75, 3.05) is 0 Å². The van der Waals surface area contributed by atoms with E-state index in [1.54, 1.807) is 4.68 Å². The van der Waals surface area contributed by atoms with Gasteiger partial charge in [0.25, 0.3) is 0 Å². The van der Waals surface area contributed by atoms with Crippen LogP contribution >= 0.6 is 11.6 Å². The Kier molecular flexibility index (Phi) is 2.75. The Morgan fingerprint density at radius 2 is 2.27 bits per heavy atom. The van der Waals surface area contributed by atoms with Gasteiger partial charge in [-0.1, -0.05) is 23.7 Å². The first-order chi connectivity index (χ1) is 7.20. The molecule has 0 aliphatic carbocycles. The molecular formula is C11H11ClN2O. The zero-order valence-corrected chi connectivity index (χ0v) is 9.07. The van der Waals surface area contributed by atoms with Crippen molar-refractivity contribution in [1.82, 2.24) is 9.78 Å². The SMILES string of the molecule is Cn1cc(-c2cccc(Cl)c2)c(CO)n1. The standard InChI is InChI=1S/C11H11ClN2O/c1-14-6-10(11(7-15)13-14)8-3-2-4-9(12)5-8/h2-6,15H,7H2,1H3. The topological polar surface area (TPSA) is 38.0 Å². The Morgan fingerprint density at radius 3 is 2.93 bits per heavy atom. The summed E-state index contributed by atoms with van der Waals surface area (Å²) in [6.45, 7) is -0.0668. The molecule has 4 heteroatoms. The average Bonchev–Trinajstić information content (AvgIpc) is 2.59. The van der Waals surface area contributed by atoms with Crippen LogP contribution in [0.15, 0.2) is 30.5 Å². The molecule has 3 nitrogen and oxygen atoms in total. The predicted octanol–water partition coefficient (Wildman–Crippen LogP) is 2.23. The van der Waals surface area contributed by atoms with Gasteiger partial charge in [0.1, 0.15) is 0 Å². The van der Waals surface area contributed by atoms with Gasteiger partial charge in [-0.15, -0.1) is 0 Å². The second-order valence-corrected chi connectivity index (χ2v) is 3.77. The first-order valence-corrected chi connectivity index (χ1v) is 4.98. The minimum atomic E-state index is -0.0668. The lowest BCUT2D eigenvalue weighted by Gasteiger charge is -2.00. The highest BCUT2D eigenvalue weighted by atomic mass is 35.5. The molecule has 1 aromatic carbocycles. The normalized spacial score (nSPS) is 10.6. The number of rotatable bonds is 2. The van der Waals surface area contributed by atoms with Crippen LogP contribution in [0.1, 0.15) is 5.69 Å². The number of benzene rings is 1. The van der Waals surface area contributed by atoms with E-state index < -0.39 is 0 Å². The first kappa shape index (κ1) is 10.2. The molecule has 0 aliphatic rings. The Hall–Kier alpha value is -1.32. The summed E-state index contributed by atoms with van der Waals surface area (Å²) in [7, 11) is 1.83. The van der Waals surface area contributed by atoms with Gasteiger partial charge in [-0.05, 0) is 17.7 Å². The summed E-state index contributed by atoms with van der Waals surface area (Å²) in [6, 6.07) is 7.51. The third-order valence-corrected chi connectivity index (χ3v) is 2.43. The molecule has 0 amide bonds. The van der Waals surface area contributed by atoms with Gasteiger partial charge in [-0.3, -0.25) is 4.68 Å². The molecule has 0 spiro atoms. The molecule has 2 rings (SSSR count). The molecule has 0 fully saturated rings. The minimum absolute atomic E-state index is 0.0668. The van der Waals surface area contributed by atoms with E-state index in [-0.39, 0.29) is 6.61 Å². The van der Waals surface area contributed by atoms with E-state index in [4.69, 9.17) is 16.7 Å². The molecule has 1 N–H and O–H groups in total. The molecule has 2 aromatic rings. The van der Waals surface area contributed by atoms with Crippen LogP contribution in [0.25, 0.3) is 11.1 Å². The van der Waals surface area contributed by atoms with Gasteiger partial charge >= 0.3 is 0 Å². The Bertz CT molecular complexity index is 479. The smallest absolute Gasteiger partial charge is 0.0957 e. The van der Waals surface area contributed by atoms with Crippen LogP contribution in [-0.4, -0.2) is 14.9 Å². The van der Waals surface area contributed by atoms with Crippen molar-refractivity contribution < 1.29 is 5.11 Å². The number of hydrogen-bond donors (Lipinski definition) is 1. The van der Waals surface area contributed by atoms with Gasteiger partial charge in [0, 0.05) is 23.8 Å². The molecular weight excluding hydrogens is 212 g/mol. The van der Waals surface area contributed by atoms with E-state index in [0.29, 0.717) is 10.7 Å². The average molecular weight is 223 g/mol. The maximum absolute atomic E-state index is 9.15. The van der Waals surface area contributed by atoms with Gasteiger partial charge in [0.05, 0.1) is 12.3 Å². The highest BCUT2D eigenvalue weighted by Crippen LogP contribution is 2.25. The van der Waals surface area contributed by atoms with Crippen molar-refractivity contribution in [2.45, 2.75) is 6.61 Å². The molecule has 0 bridgehead atoms. The summed E-state index contributed by atoms with van der Waals surface area (Å²) >= 11 is 5.91. The van der Waals surface area contributed by atoms with E-state index in [9.17, 15) is 0 Å². The summed E-state index contributed by atoms with van der Waals surface area (Å²) in [4.78, 5) is 0. The van der Waals surface area contributed by atoms with E-state index in [1.807, 2.05) is 37.5 Å². The van der Waals surface area contributed by atoms with E-state index >= 15 is 0 Å². The van der Waals surface area contributed by atoms with Crippen LogP contribution in [-0.2, 0) is 13.7 Å². The van der Waals surface area contributed by atoms with Gasteiger partial charge in [0.2, 0.25) is 0 Å². The summed E-state index contributed by atoms with van der Waals surface area (Å²) in [5, 5.41) is 14.0. The fraction of sp³-hybridized carbons (Fsp3) is 0.182. The number of aromatic nitrogens is 2. The Morgan fingerprint density at radius 1 is 1.47 bits per heavy atom. The van der Waals surface area contributed by atoms with Crippen LogP contribution < -0.4 is 0 Å². The number of halogens is 1. The van der Waals surface area contributed by atoms with Crippen molar-refractivity contribution in [3.05, 3.63) is 41.2 Å². The van der Waals surface area contributed by atoms with Gasteiger partial charge in [0.15, 0.2) is 0 Å². The van der Waals surface area contributed by atoms with Crippen LogP contribution in [0.5, 0.6) is 0 Å². The van der Waals surface area contributed by atoms with Crippen molar-refractivity contribution in [2.24, 2.45) is 7.05 Å². The van der Waals surface area contributed by atoms with Crippen molar-refractivity contribution in [1.29, 1.82) is 0 Å². The molecule has 0 radical (unpaired) electrons. The largest absolute Gasteiger partial charge is 0.390 e. The minimum Gasteiger partial charge on any atom is -0.390 e. The monoisotopic (exact) mass is 222 g/mol. The lowest BCUT2D eigenvalue weighted by molar-refractivity contribution is 0.276. The molecule has 1 heterocycles. The van der Waals surface area contributed by atoms with Gasteiger partial charge in [-0.2, -0.15) is 5.10 Å². The summed E-state index contributed by atoms with van der Waals surface area (Å²) in [6.07, 6.45) is 1.87. The van der Waals surface area contributed by atoms with Crippen LogP contribution in [0.2, 0.25) is 5.02 Å². The van der Waals surface area contributed by atoms with E-state index in [1.165, 1.54) is 0 Å². The second-order valence-electron chi connectivity index (χ2n) is 3.33. The molecule has 0 saturated carbocycles. The fourth-order valence-corrected chi connectivity index (χ4v) is 1.74.